The molecular formula is C21H53N5O5+4. The third-order valence-electron chi connectivity index (χ3n) is 5.65. The lowest BCUT2D eigenvalue weighted by Crippen LogP contribution is -2.69. The van der Waals surface area contributed by atoms with Crippen molar-refractivity contribution in [2.75, 3.05) is 65.5 Å². The lowest BCUT2D eigenvalue weighted by atomic mass is 10.5. The Bertz CT molecular complexity index is 413. The standard InChI is InChI=1S/C21H53N5O5/c1-11-21-27-23(13-3,14-4)29-25(17-7,18-8)31-26(19-9,20-10)30-24(15-5,16-6)28-22-12-2/h22H,11-21H2,1-10H3/q+4. The highest BCUT2D eigenvalue weighted by Gasteiger charge is 2.56. The van der Waals surface area contributed by atoms with Crippen LogP contribution >= 0.6 is 0 Å². The number of nitrogens with zero attached hydrogens (tertiary/aromatic N) is 4. The fourth-order valence-corrected chi connectivity index (χ4v) is 3.22. The molecule has 0 aromatic carbocycles. The van der Waals surface area contributed by atoms with Gasteiger partial charge in [0.25, 0.3) is 0 Å². The minimum absolute atomic E-state index is 0.0309. The van der Waals surface area contributed by atoms with Crippen LogP contribution in [0.4, 0.5) is 0 Å². The normalized spacial score (nSPS) is 13.7. The van der Waals surface area contributed by atoms with Crippen LogP contribution in [0.15, 0.2) is 0 Å². The molecule has 0 spiro atoms. The van der Waals surface area contributed by atoms with Gasteiger partial charge in [-0.15, -0.1) is 5.48 Å². The van der Waals surface area contributed by atoms with Crippen molar-refractivity contribution < 1.29 is 43.8 Å². The Balaban J connectivity index is 6.03. The zero-order chi connectivity index (χ0) is 24.0. The van der Waals surface area contributed by atoms with Crippen LogP contribution in [-0.4, -0.2) is 84.7 Å². The smallest absolute Gasteiger partial charge is 0.152 e. The van der Waals surface area contributed by atoms with Gasteiger partial charge in [-0.25, -0.2) is 0 Å². The van der Waals surface area contributed by atoms with E-state index in [4.69, 9.17) is 24.6 Å². The highest BCUT2D eigenvalue weighted by atomic mass is 17.3. The molecule has 0 amide bonds. The van der Waals surface area contributed by atoms with E-state index in [2.05, 4.69) is 40.1 Å². The molecule has 0 fully saturated rings. The van der Waals surface area contributed by atoms with E-state index in [1.807, 2.05) is 34.6 Å². The maximum Gasteiger partial charge on any atom is 0.152 e. The first-order valence-electron chi connectivity index (χ1n) is 12.4. The Labute approximate surface area is 191 Å². The van der Waals surface area contributed by atoms with Crippen LogP contribution in [0.2, 0.25) is 0 Å². The molecule has 0 heterocycles. The Kier molecular flexibility index (Phi) is 14.5. The van der Waals surface area contributed by atoms with Crippen LogP contribution in [0, 0.1) is 0 Å². The molecule has 0 radical (unpaired) electrons. The number of nitrogens with one attached hydrogen (secondary N) is 1. The van der Waals surface area contributed by atoms with Crippen molar-refractivity contribution in [3.05, 3.63) is 0 Å². The number of hydroxylamine groups is 17. The molecule has 31 heavy (non-hydrogen) atoms. The van der Waals surface area contributed by atoms with E-state index in [1.165, 1.54) is 0 Å². The molecule has 10 nitrogen and oxygen atoms in total. The van der Waals surface area contributed by atoms with Crippen molar-refractivity contribution in [3.63, 3.8) is 0 Å². The highest BCUT2D eigenvalue weighted by molar-refractivity contribution is 4.19. The van der Waals surface area contributed by atoms with Gasteiger partial charge in [0.05, 0.1) is 24.4 Å². The summed E-state index contributed by atoms with van der Waals surface area (Å²) in [6, 6.07) is 0. The van der Waals surface area contributed by atoms with Crippen LogP contribution in [0.3, 0.4) is 0 Å². The summed E-state index contributed by atoms with van der Waals surface area (Å²) >= 11 is 0. The van der Waals surface area contributed by atoms with Crippen molar-refractivity contribution in [2.24, 2.45) is 0 Å². The molecule has 0 atom stereocenters. The summed E-state index contributed by atoms with van der Waals surface area (Å²) in [6.45, 7) is 26.8. The van der Waals surface area contributed by atoms with Crippen LogP contribution in [0.1, 0.15) is 75.7 Å². The Morgan fingerprint density at radius 3 is 1.16 bits per heavy atom. The number of rotatable bonds is 20. The van der Waals surface area contributed by atoms with Gasteiger partial charge in [-0.05, 0) is 61.8 Å². The van der Waals surface area contributed by atoms with Gasteiger partial charge >= 0.3 is 0 Å². The SMILES string of the molecule is CCCO[N+](CC)(CC)O[N+](CC)(CC)O[N+](CC)(CC)O[N+](CC)(CC)ONCC. The monoisotopic (exact) mass is 455 g/mol. The van der Waals surface area contributed by atoms with Crippen molar-refractivity contribution in [1.29, 1.82) is 0 Å². The van der Waals surface area contributed by atoms with Crippen LogP contribution in [0.25, 0.3) is 0 Å². The number of quaternary nitrogens is 4. The molecule has 0 aromatic rings. The quantitative estimate of drug-likeness (QED) is 0.223. The van der Waals surface area contributed by atoms with E-state index in [1.54, 1.807) is 0 Å². The summed E-state index contributed by atoms with van der Waals surface area (Å²) in [5.74, 6) is 0. The van der Waals surface area contributed by atoms with Crippen LogP contribution in [-0.2, 0) is 24.6 Å². The summed E-state index contributed by atoms with van der Waals surface area (Å²) in [5.41, 5.74) is 2.95. The molecule has 0 saturated carbocycles. The topological polar surface area (TPSA) is 58.2 Å². The molecule has 0 saturated heterocycles. The van der Waals surface area contributed by atoms with Gasteiger partial charge in [0.2, 0.25) is 0 Å². The largest absolute Gasteiger partial charge is 0.163 e. The number of hydrogen-bond donors (Lipinski definition) is 1. The Morgan fingerprint density at radius 1 is 0.484 bits per heavy atom. The van der Waals surface area contributed by atoms with Crippen LogP contribution in [0.5, 0.6) is 0 Å². The second-order valence-electron chi connectivity index (χ2n) is 7.46. The van der Waals surface area contributed by atoms with Crippen molar-refractivity contribution in [1.82, 2.24) is 5.48 Å². The lowest BCUT2D eigenvalue weighted by molar-refractivity contribution is -1.59. The highest BCUT2D eigenvalue weighted by Crippen LogP contribution is 2.27. The molecule has 188 valence electrons. The fraction of sp³-hybridized carbons (Fsp3) is 1.00. The van der Waals surface area contributed by atoms with Crippen LogP contribution < -0.4 is 5.48 Å². The minimum Gasteiger partial charge on any atom is -0.163 e. The second-order valence-corrected chi connectivity index (χ2v) is 7.46. The molecule has 1 N–H and O–H groups in total. The summed E-state index contributed by atoms with van der Waals surface area (Å²) in [4.78, 5) is 31.9. The van der Waals surface area contributed by atoms with Gasteiger partial charge in [-0.1, -0.05) is 18.8 Å². The van der Waals surface area contributed by atoms with E-state index in [9.17, 15) is 0 Å². The summed E-state index contributed by atoms with van der Waals surface area (Å²) in [5, 5.41) is 0. The van der Waals surface area contributed by atoms with E-state index in [0.717, 1.165) is 6.42 Å². The first-order valence-corrected chi connectivity index (χ1v) is 12.4. The molecule has 0 aromatic heterocycles. The summed E-state index contributed by atoms with van der Waals surface area (Å²) < 4.78 is 0. The predicted molar refractivity (Wildman–Crippen MR) is 120 cm³/mol. The average Bonchev–Trinajstić information content (AvgIpc) is 2.83. The first kappa shape index (κ1) is 30.6. The first-order chi connectivity index (χ1) is 14.7. The molecule has 10 heteroatoms. The van der Waals surface area contributed by atoms with Gasteiger partial charge in [-0.3, -0.25) is 0 Å². The van der Waals surface area contributed by atoms with Gasteiger partial charge in [0, 0.05) is 16.2 Å². The predicted octanol–water partition coefficient (Wildman–Crippen LogP) is 3.75. The van der Waals surface area contributed by atoms with E-state index >= 15 is 0 Å². The van der Waals surface area contributed by atoms with Gasteiger partial charge in [0.15, 0.2) is 26.2 Å². The van der Waals surface area contributed by atoms with Gasteiger partial charge in [-0.2, -0.15) is 4.84 Å². The third-order valence-corrected chi connectivity index (χ3v) is 5.65. The van der Waals surface area contributed by atoms with Crippen molar-refractivity contribution in [2.45, 2.75) is 75.7 Å². The molecule has 0 rings (SSSR count). The molecule has 0 bridgehead atoms. The Morgan fingerprint density at radius 2 is 0.839 bits per heavy atom. The third kappa shape index (κ3) is 8.47. The zero-order valence-electron chi connectivity index (χ0n) is 22.1. The lowest BCUT2D eigenvalue weighted by Gasteiger charge is -2.40. The van der Waals surface area contributed by atoms with Crippen molar-refractivity contribution >= 4 is 0 Å². The number of hydrogen-bond acceptors (Lipinski definition) is 6. The molecule has 0 aliphatic heterocycles. The molecule has 0 aliphatic rings. The van der Waals surface area contributed by atoms with E-state index in [0.29, 0.717) is 65.5 Å². The van der Waals surface area contributed by atoms with E-state index in [-0.39, 0.29) is 19.2 Å². The maximum absolute atomic E-state index is 6.71. The Hall–Kier alpha value is -0.400. The average molecular weight is 456 g/mol. The van der Waals surface area contributed by atoms with Gasteiger partial charge in [0.1, 0.15) is 32.8 Å². The molecule has 0 unspecified atom stereocenters. The minimum atomic E-state index is -0.0735. The maximum atomic E-state index is 6.71. The van der Waals surface area contributed by atoms with Crippen molar-refractivity contribution in [3.8, 4) is 0 Å². The molecule has 0 aliphatic carbocycles. The molecular weight excluding hydrogens is 402 g/mol. The fourth-order valence-electron chi connectivity index (χ4n) is 3.22. The van der Waals surface area contributed by atoms with E-state index < -0.39 is 0 Å². The summed E-state index contributed by atoms with van der Waals surface area (Å²) in [6.07, 6.45) is 0.921. The second kappa shape index (κ2) is 14.7. The summed E-state index contributed by atoms with van der Waals surface area (Å²) in [7, 11) is 0. The zero-order valence-corrected chi connectivity index (χ0v) is 22.1. The van der Waals surface area contributed by atoms with Gasteiger partial charge < -0.3 is 0 Å².